The number of hydrogen-bond donors (Lipinski definition) is 3. The van der Waals surface area contributed by atoms with Crippen molar-refractivity contribution in [2.75, 3.05) is 0 Å². The first-order valence-electron chi connectivity index (χ1n) is 12.3. The monoisotopic (exact) mass is 755 g/mol. The first-order valence-corrected chi connectivity index (χ1v) is 13.8. The van der Waals surface area contributed by atoms with Gasteiger partial charge in [0.2, 0.25) is 0 Å². The summed E-state index contributed by atoms with van der Waals surface area (Å²) in [5.74, 6) is -0.825. The SMILES string of the molecule is O=C(c1ccc(C(F)(F)F)nc1)N(Cc1cc(Br)c2[nH]c(C(F)(F)F)cc2c1)NCc1cc(Br)c2[nH]c(C(F)(F)F)cc2c1. The maximum Gasteiger partial charge on any atom is 0.433 e. The number of benzene rings is 2. The van der Waals surface area contributed by atoms with Gasteiger partial charge < -0.3 is 9.97 Å². The van der Waals surface area contributed by atoms with E-state index in [1.165, 1.54) is 24.3 Å². The van der Waals surface area contributed by atoms with E-state index in [1.54, 1.807) is 0 Å². The van der Waals surface area contributed by atoms with Gasteiger partial charge in [-0.3, -0.25) is 14.8 Å². The fourth-order valence-electron chi connectivity index (χ4n) is 4.43. The first kappa shape index (κ1) is 31.8. The lowest BCUT2D eigenvalue weighted by Crippen LogP contribution is -2.42. The molecule has 232 valence electrons. The smallest absolute Gasteiger partial charge is 0.350 e. The number of rotatable bonds is 6. The van der Waals surface area contributed by atoms with Crippen LogP contribution in [-0.4, -0.2) is 25.9 Å². The summed E-state index contributed by atoms with van der Waals surface area (Å²) in [5, 5.41) is 1.41. The minimum atomic E-state index is -4.75. The van der Waals surface area contributed by atoms with E-state index in [-0.39, 0.29) is 44.9 Å². The van der Waals surface area contributed by atoms with E-state index in [2.05, 4.69) is 52.2 Å². The van der Waals surface area contributed by atoms with Crippen LogP contribution in [-0.2, 0) is 31.6 Å². The average molecular weight is 757 g/mol. The van der Waals surface area contributed by atoms with E-state index in [0.29, 0.717) is 21.7 Å². The molecule has 0 aliphatic rings. The fourth-order valence-corrected chi connectivity index (χ4v) is 5.67. The van der Waals surface area contributed by atoms with E-state index in [9.17, 15) is 44.3 Å². The largest absolute Gasteiger partial charge is 0.433 e. The second-order valence-corrected chi connectivity index (χ2v) is 11.3. The van der Waals surface area contributed by atoms with Crippen LogP contribution in [0.4, 0.5) is 39.5 Å². The average Bonchev–Trinajstić information content (AvgIpc) is 3.56. The van der Waals surface area contributed by atoms with Crippen LogP contribution >= 0.6 is 31.9 Å². The van der Waals surface area contributed by atoms with Gasteiger partial charge in [-0.15, -0.1) is 0 Å². The number of H-pyrrole nitrogens is 2. The number of amides is 1. The molecule has 3 heterocycles. The summed E-state index contributed by atoms with van der Waals surface area (Å²) in [6.07, 6.45) is -13.3. The molecule has 0 atom stereocenters. The van der Waals surface area contributed by atoms with Crippen LogP contribution in [0.25, 0.3) is 21.8 Å². The molecular formula is C27H16Br2F9N5O. The summed E-state index contributed by atoms with van der Waals surface area (Å²) >= 11 is 6.45. The van der Waals surface area contributed by atoms with Gasteiger partial charge in [0.05, 0.1) is 23.1 Å². The molecule has 0 saturated carbocycles. The number of hydrogen-bond acceptors (Lipinski definition) is 3. The molecule has 1 amide bonds. The Morgan fingerprint density at radius 3 is 1.75 bits per heavy atom. The van der Waals surface area contributed by atoms with Crippen LogP contribution in [0.5, 0.6) is 0 Å². The molecule has 2 aromatic carbocycles. The molecule has 0 aliphatic heterocycles. The number of carbonyl (C=O) groups excluding carboxylic acids is 1. The Morgan fingerprint density at radius 2 is 1.27 bits per heavy atom. The van der Waals surface area contributed by atoms with Crippen LogP contribution in [0, 0.1) is 0 Å². The van der Waals surface area contributed by atoms with Crippen molar-refractivity contribution in [2.45, 2.75) is 31.6 Å². The van der Waals surface area contributed by atoms with Crippen LogP contribution in [0.15, 0.2) is 63.7 Å². The van der Waals surface area contributed by atoms with Crippen LogP contribution < -0.4 is 5.43 Å². The number of alkyl halides is 9. The molecule has 5 aromatic rings. The number of aromatic amines is 2. The van der Waals surface area contributed by atoms with Gasteiger partial charge in [0, 0.05) is 32.5 Å². The zero-order chi connectivity index (χ0) is 32.2. The zero-order valence-corrected chi connectivity index (χ0v) is 24.7. The third-order valence-electron chi connectivity index (χ3n) is 6.45. The van der Waals surface area contributed by atoms with Crippen molar-refractivity contribution in [2.24, 2.45) is 0 Å². The third-order valence-corrected chi connectivity index (χ3v) is 7.70. The lowest BCUT2D eigenvalue weighted by molar-refractivity contribution is -0.141. The van der Waals surface area contributed by atoms with Gasteiger partial charge in [-0.1, -0.05) is 0 Å². The first-order chi connectivity index (χ1) is 20.4. The molecule has 0 spiro atoms. The Hall–Kier alpha value is -3.57. The fraction of sp³-hybridized carbons (Fsp3) is 0.185. The van der Waals surface area contributed by atoms with Crippen molar-refractivity contribution in [1.82, 2.24) is 25.4 Å². The number of nitrogens with one attached hydrogen (secondary N) is 3. The van der Waals surface area contributed by atoms with Crippen molar-refractivity contribution < 1.29 is 44.3 Å². The van der Waals surface area contributed by atoms with Gasteiger partial charge in [-0.05, 0) is 91.5 Å². The van der Waals surface area contributed by atoms with Gasteiger partial charge in [-0.25, -0.2) is 5.43 Å². The molecule has 3 N–H and O–H groups in total. The van der Waals surface area contributed by atoms with Crippen molar-refractivity contribution in [3.8, 4) is 0 Å². The Kier molecular flexibility index (Phi) is 8.26. The summed E-state index contributed by atoms with van der Waals surface area (Å²) in [5.41, 5.74) is 0.526. The number of fused-ring (bicyclic) bond motifs is 2. The zero-order valence-electron chi connectivity index (χ0n) is 21.6. The van der Waals surface area contributed by atoms with E-state index >= 15 is 0 Å². The predicted octanol–water partition coefficient (Wildman–Crippen LogP) is 8.97. The normalized spacial score (nSPS) is 12.8. The number of nitrogens with zero attached hydrogens (tertiary/aromatic N) is 2. The number of hydrazine groups is 1. The van der Waals surface area contributed by atoms with Gasteiger partial charge in [-0.2, -0.15) is 39.5 Å². The molecule has 0 aliphatic carbocycles. The van der Waals surface area contributed by atoms with Gasteiger partial charge >= 0.3 is 18.5 Å². The minimum absolute atomic E-state index is 0.132. The van der Waals surface area contributed by atoms with Crippen molar-refractivity contribution in [3.05, 3.63) is 97.4 Å². The number of pyridine rings is 1. The molecule has 0 radical (unpaired) electrons. The molecule has 5 rings (SSSR count). The highest BCUT2D eigenvalue weighted by molar-refractivity contribution is 9.11. The number of halogens is 11. The van der Waals surface area contributed by atoms with E-state index < -0.39 is 41.5 Å². The van der Waals surface area contributed by atoms with Gasteiger partial charge in [0.15, 0.2) is 0 Å². The minimum Gasteiger partial charge on any atom is -0.350 e. The molecule has 0 fully saturated rings. The molecule has 0 saturated heterocycles. The summed E-state index contributed by atoms with van der Waals surface area (Å²) < 4.78 is 119. The van der Waals surface area contributed by atoms with Crippen molar-refractivity contribution in [3.63, 3.8) is 0 Å². The van der Waals surface area contributed by atoms with E-state index in [0.717, 1.165) is 29.4 Å². The summed E-state index contributed by atoms with van der Waals surface area (Å²) in [6, 6.07) is 9.18. The molecular weight excluding hydrogens is 741 g/mol. The van der Waals surface area contributed by atoms with Gasteiger partial charge in [0.1, 0.15) is 17.1 Å². The maximum absolute atomic E-state index is 13.4. The van der Waals surface area contributed by atoms with E-state index in [4.69, 9.17) is 0 Å². The van der Waals surface area contributed by atoms with Gasteiger partial charge in [0.25, 0.3) is 5.91 Å². The summed E-state index contributed by atoms with van der Waals surface area (Å²) in [7, 11) is 0. The lowest BCUT2D eigenvalue weighted by Gasteiger charge is -2.24. The van der Waals surface area contributed by atoms with Crippen LogP contribution in [0.1, 0.15) is 38.6 Å². The Bertz CT molecular complexity index is 1860. The van der Waals surface area contributed by atoms with Crippen LogP contribution in [0.3, 0.4) is 0 Å². The highest BCUT2D eigenvalue weighted by atomic mass is 79.9. The number of aromatic nitrogens is 3. The topological polar surface area (TPSA) is 76.8 Å². The molecule has 0 bridgehead atoms. The Labute approximate surface area is 257 Å². The van der Waals surface area contributed by atoms with Crippen molar-refractivity contribution >= 4 is 59.6 Å². The number of carbonyl (C=O) groups is 1. The highest BCUT2D eigenvalue weighted by Gasteiger charge is 2.34. The molecule has 3 aromatic heterocycles. The standard InChI is InChI=1S/C27H16Br2F9N5O/c28-17-5-12(3-15-7-20(26(33,34)35)41-22(15)17)9-40-43(24(44)14-1-2-19(39-10-14)25(30,31)32)11-13-4-16-8-21(27(36,37)38)42-23(16)18(29)6-13/h1-8,10,40-42H,9,11H2. The lowest BCUT2D eigenvalue weighted by atomic mass is 10.1. The van der Waals surface area contributed by atoms with Crippen molar-refractivity contribution in [1.29, 1.82) is 0 Å². The molecule has 44 heavy (non-hydrogen) atoms. The summed E-state index contributed by atoms with van der Waals surface area (Å²) in [6.45, 7) is -0.403. The third kappa shape index (κ3) is 6.73. The summed E-state index contributed by atoms with van der Waals surface area (Å²) in [4.78, 5) is 21.3. The second-order valence-electron chi connectivity index (χ2n) is 9.60. The van der Waals surface area contributed by atoms with E-state index in [1.807, 2.05) is 0 Å². The highest BCUT2D eigenvalue weighted by Crippen LogP contribution is 2.36. The maximum atomic E-state index is 13.4. The Morgan fingerprint density at radius 1 is 0.750 bits per heavy atom. The quantitative estimate of drug-likeness (QED) is 0.120. The predicted molar refractivity (Wildman–Crippen MR) is 148 cm³/mol. The Balaban J connectivity index is 1.47. The van der Waals surface area contributed by atoms with Crippen LogP contribution in [0.2, 0.25) is 0 Å². The molecule has 17 heteroatoms. The molecule has 0 unspecified atom stereocenters. The molecule has 6 nitrogen and oxygen atoms in total. The second kappa shape index (κ2) is 11.4.